The fourth-order valence-electron chi connectivity index (χ4n) is 2.17. The molecule has 3 aromatic rings. The maximum Gasteiger partial charge on any atom is 0.321 e. The van der Waals surface area contributed by atoms with Gasteiger partial charge in [-0.2, -0.15) is 0 Å². The SMILES string of the molecule is O=C(NCc1cccc(NC(=O)c2ccc(F)cc2)c1)Nc1nccs1. The summed E-state index contributed by atoms with van der Waals surface area (Å²) < 4.78 is 12.9. The van der Waals surface area contributed by atoms with Gasteiger partial charge < -0.3 is 10.6 Å². The second kappa shape index (κ2) is 8.21. The number of hydrogen-bond donors (Lipinski definition) is 3. The number of halogens is 1. The maximum absolute atomic E-state index is 12.9. The minimum absolute atomic E-state index is 0.289. The lowest BCUT2D eigenvalue weighted by Crippen LogP contribution is -2.28. The van der Waals surface area contributed by atoms with Crippen LogP contribution in [0.1, 0.15) is 15.9 Å². The summed E-state index contributed by atoms with van der Waals surface area (Å²) in [5.41, 5.74) is 1.76. The number of rotatable bonds is 5. The van der Waals surface area contributed by atoms with Crippen LogP contribution in [0.25, 0.3) is 0 Å². The monoisotopic (exact) mass is 370 g/mol. The quantitative estimate of drug-likeness (QED) is 0.638. The first-order valence-corrected chi connectivity index (χ1v) is 8.58. The molecule has 0 saturated carbocycles. The minimum Gasteiger partial charge on any atom is -0.334 e. The van der Waals surface area contributed by atoms with Gasteiger partial charge in [0.15, 0.2) is 5.13 Å². The van der Waals surface area contributed by atoms with Crippen LogP contribution in [0, 0.1) is 5.82 Å². The molecule has 132 valence electrons. The molecule has 3 amide bonds. The van der Waals surface area contributed by atoms with Crippen molar-refractivity contribution in [2.24, 2.45) is 0 Å². The van der Waals surface area contributed by atoms with Gasteiger partial charge in [-0.1, -0.05) is 12.1 Å². The first-order chi connectivity index (χ1) is 12.6. The number of carbonyl (C=O) groups is 2. The molecule has 0 radical (unpaired) electrons. The molecule has 1 aromatic heterocycles. The van der Waals surface area contributed by atoms with Crippen molar-refractivity contribution in [2.45, 2.75) is 6.54 Å². The molecule has 1 heterocycles. The predicted octanol–water partition coefficient (Wildman–Crippen LogP) is 3.86. The second-order valence-corrected chi connectivity index (χ2v) is 6.20. The molecule has 0 aliphatic rings. The highest BCUT2D eigenvalue weighted by molar-refractivity contribution is 7.13. The van der Waals surface area contributed by atoms with Crippen LogP contribution in [0.3, 0.4) is 0 Å². The summed E-state index contributed by atoms with van der Waals surface area (Å²) in [6, 6.07) is 12.0. The summed E-state index contributed by atoms with van der Waals surface area (Å²) in [5, 5.41) is 10.4. The zero-order chi connectivity index (χ0) is 18.4. The van der Waals surface area contributed by atoms with Crippen LogP contribution in [0.15, 0.2) is 60.1 Å². The van der Waals surface area contributed by atoms with E-state index < -0.39 is 5.82 Å². The van der Waals surface area contributed by atoms with Crippen LogP contribution >= 0.6 is 11.3 Å². The predicted molar refractivity (Wildman–Crippen MR) is 98.8 cm³/mol. The summed E-state index contributed by atoms with van der Waals surface area (Å²) in [6.45, 7) is 0.289. The van der Waals surface area contributed by atoms with Crippen molar-refractivity contribution in [3.63, 3.8) is 0 Å². The van der Waals surface area contributed by atoms with Crippen LogP contribution in [0.2, 0.25) is 0 Å². The number of carbonyl (C=O) groups excluding carboxylic acids is 2. The highest BCUT2D eigenvalue weighted by Gasteiger charge is 2.07. The van der Waals surface area contributed by atoms with E-state index in [1.54, 1.807) is 29.8 Å². The number of urea groups is 1. The lowest BCUT2D eigenvalue weighted by molar-refractivity contribution is 0.102. The number of nitrogens with zero attached hydrogens (tertiary/aromatic N) is 1. The van der Waals surface area contributed by atoms with Gasteiger partial charge >= 0.3 is 6.03 Å². The van der Waals surface area contributed by atoms with Crippen molar-refractivity contribution < 1.29 is 14.0 Å². The Morgan fingerprint density at radius 1 is 1.08 bits per heavy atom. The van der Waals surface area contributed by atoms with Crippen molar-refractivity contribution >= 4 is 34.1 Å². The van der Waals surface area contributed by atoms with Gasteiger partial charge in [-0.15, -0.1) is 11.3 Å². The first kappa shape index (κ1) is 17.6. The Labute approximate surface area is 153 Å². The summed E-state index contributed by atoms with van der Waals surface area (Å²) in [7, 11) is 0. The summed E-state index contributed by atoms with van der Waals surface area (Å²) in [5.74, 6) is -0.734. The maximum atomic E-state index is 12.9. The number of thiazole rings is 1. The smallest absolute Gasteiger partial charge is 0.321 e. The van der Waals surface area contributed by atoms with E-state index in [9.17, 15) is 14.0 Å². The molecular formula is C18H15FN4O2S. The largest absolute Gasteiger partial charge is 0.334 e. The molecule has 0 bridgehead atoms. The van der Waals surface area contributed by atoms with E-state index in [-0.39, 0.29) is 18.5 Å². The zero-order valence-corrected chi connectivity index (χ0v) is 14.3. The summed E-state index contributed by atoms with van der Waals surface area (Å²) in [4.78, 5) is 27.9. The third kappa shape index (κ3) is 4.87. The molecule has 2 aromatic carbocycles. The van der Waals surface area contributed by atoms with Gasteiger partial charge in [0.1, 0.15) is 5.82 Å². The van der Waals surface area contributed by atoms with Crippen molar-refractivity contribution in [2.75, 3.05) is 10.6 Å². The lowest BCUT2D eigenvalue weighted by atomic mass is 10.1. The van der Waals surface area contributed by atoms with E-state index in [2.05, 4.69) is 20.9 Å². The van der Waals surface area contributed by atoms with Gasteiger partial charge in [0.25, 0.3) is 5.91 Å². The molecule has 6 nitrogen and oxygen atoms in total. The van der Waals surface area contributed by atoms with E-state index in [4.69, 9.17) is 0 Å². The van der Waals surface area contributed by atoms with Crippen LogP contribution in [-0.2, 0) is 6.54 Å². The number of anilines is 2. The van der Waals surface area contributed by atoms with Gasteiger partial charge in [0, 0.05) is 29.4 Å². The number of aromatic nitrogens is 1. The molecule has 3 rings (SSSR count). The van der Waals surface area contributed by atoms with Crippen molar-refractivity contribution in [1.82, 2.24) is 10.3 Å². The van der Waals surface area contributed by atoms with Crippen LogP contribution in [0.5, 0.6) is 0 Å². The molecule has 0 aliphatic heterocycles. The second-order valence-electron chi connectivity index (χ2n) is 5.31. The number of benzene rings is 2. The van der Waals surface area contributed by atoms with Gasteiger partial charge in [0.05, 0.1) is 0 Å². The molecule has 0 atom stereocenters. The van der Waals surface area contributed by atoms with E-state index in [0.29, 0.717) is 16.4 Å². The zero-order valence-electron chi connectivity index (χ0n) is 13.5. The van der Waals surface area contributed by atoms with Gasteiger partial charge in [-0.25, -0.2) is 14.2 Å². The fraction of sp³-hybridized carbons (Fsp3) is 0.0556. The standard InChI is InChI=1S/C18H15FN4O2S/c19-14-6-4-13(5-7-14)16(24)22-15-3-1-2-12(10-15)11-21-17(25)23-18-20-8-9-26-18/h1-10H,11H2,(H,22,24)(H2,20,21,23,25). The molecule has 0 fully saturated rings. The van der Waals surface area contributed by atoms with E-state index >= 15 is 0 Å². The Morgan fingerprint density at radius 2 is 1.88 bits per heavy atom. The molecule has 0 aliphatic carbocycles. The third-order valence-electron chi connectivity index (χ3n) is 3.40. The van der Waals surface area contributed by atoms with E-state index in [1.165, 1.54) is 35.6 Å². The number of nitrogens with one attached hydrogen (secondary N) is 3. The summed E-state index contributed by atoms with van der Waals surface area (Å²) >= 11 is 1.33. The fourth-order valence-corrected chi connectivity index (χ4v) is 2.70. The van der Waals surface area contributed by atoms with Crippen molar-refractivity contribution in [1.29, 1.82) is 0 Å². The normalized spacial score (nSPS) is 10.2. The van der Waals surface area contributed by atoms with Crippen LogP contribution in [-0.4, -0.2) is 16.9 Å². The molecule has 3 N–H and O–H groups in total. The van der Waals surface area contributed by atoms with Crippen molar-refractivity contribution in [3.05, 3.63) is 77.1 Å². The van der Waals surface area contributed by atoms with Crippen molar-refractivity contribution in [3.8, 4) is 0 Å². The highest BCUT2D eigenvalue weighted by atomic mass is 32.1. The Morgan fingerprint density at radius 3 is 2.62 bits per heavy atom. The topological polar surface area (TPSA) is 83.1 Å². The minimum atomic E-state index is -0.398. The highest BCUT2D eigenvalue weighted by Crippen LogP contribution is 2.13. The Hall–Kier alpha value is -3.26. The van der Waals surface area contributed by atoms with Crippen LogP contribution < -0.4 is 16.0 Å². The van der Waals surface area contributed by atoms with E-state index in [0.717, 1.165) is 5.56 Å². The Kier molecular flexibility index (Phi) is 5.55. The van der Waals surface area contributed by atoms with Gasteiger partial charge in [0.2, 0.25) is 0 Å². The van der Waals surface area contributed by atoms with Crippen LogP contribution in [0.4, 0.5) is 20.0 Å². The average Bonchev–Trinajstić information content (AvgIpc) is 3.14. The number of hydrogen-bond acceptors (Lipinski definition) is 4. The Balaban J connectivity index is 1.56. The molecule has 0 saturated heterocycles. The molecule has 0 spiro atoms. The third-order valence-corrected chi connectivity index (χ3v) is 4.09. The average molecular weight is 370 g/mol. The molecular weight excluding hydrogens is 355 g/mol. The Bertz CT molecular complexity index is 898. The molecule has 26 heavy (non-hydrogen) atoms. The summed E-state index contributed by atoms with van der Waals surface area (Å²) in [6.07, 6.45) is 1.60. The number of amides is 3. The van der Waals surface area contributed by atoms with Gasteiger partial charge in [-0.3, -0.25) is 10.1 Å². The lowest BCUT2D eigenvalue weighted by Gasteiger charge is -2.09. The molecule has 8 heteroatoms. The molecule has 0 unspecified atom stereocenters. The van der Waals surface area contributed by atoms with E-state index in [1.807, 2.05) is 6.07 Å². The first-order valence-electron chi connectivity index (χ1n) is 7.70. The van der Waals surface area contributed by atoms with Gasteiger partial charge in [-0.05, 0) is 42.0 Å².